The van der Waals surface area contributed by atoms with Gasteiger partial charge in [-0.3, -0.25) is 0 Å². The van der Waals surface area contributed by atoms with Crippen molar-refractivity contribution in [3.63, 3.8) is 0 Å². The Bertz CT molecular complexity index is 400. The lowest BCUT2D eigenvalue weighted by Gasteiger charge is -2.40. The summed E-state index contributed by atoms with van der Waals surface area (Å²) >= 11 is 0. The second kappa shape index (κ2) is 4.49. The highest BCUT2D eigenvalue weighted by atomic mass is 19.3. The third-order valence-corrected chi connectivity index (χ3v) is 3.18. The van der Waals surface area contributed by atoms with Crippen LogP contribution >= 0.6 is 0 Å². The molecule has 0 amide bonds. The number of nitrogens with zero attached hydrogens (tertiary/aromatic N) is 1. The van der Waals surface area contributed by atoms with Crippen molar-refractivity contribution in [3.8, 4) is 5.75 Å². The molecule has 1 heterocycles. The van der Waals surface area contributed by atoms with E-state index in [-0.39, 0.29) is 12.3 Å². The fourth-order valence-corrected chi connectivity index (χ4v) is 2.20. The van der Waals surface area contributed by atoms with E-state index < -0.39 is 12.0 Å². The average Bonchev–Trinajstić information content (AvgIpc) is 2.29. The normalized spacial score (nSPS) is 25.3. The Hall–Kier alpha value is -1.36. The molecule has 1 aromatic carbocycles. The fraction of sp³-hybridized carbons (Fsp3) is 0.500. The zero-order valence-corrected chi connectivity index (χ0v) is 9.44. The van der Waals surface area contributed by atoms with E-state index in [0.29, 0.717) is 19.4 Å². The quantitative estimate of drug-likeness (QED) is 0.833. The van der Waals surface area contributed by atoms with Crippen LogP contribution in [0, 0.1) is 0 Å². The molecule has 1 aromatic rings. The molecular formula is C12H16F2N2O. The Morgan fingerprint density at radius 3 is 2.82 bits per heavy atom. The van der Waals surface area contributed by atoms with Gasteiger partial charge in [0.05, 0.1) is 5.54 Å². The molecule has 0 spiro atoms. The van der Waals surface area contributed by atoms with Crippen LogP contribution in [0.25, 0.3) is 0 Å². The van der Waals surface area contributed by atoms with Crippen molar-refractivity contribution >= 4 is 5.69 Å². The molecule has 3 N–H and O–H groups in total. The van der Waals surface area contributed by atoms with Crippen molar-refractivity contribution in [1.82, 2.24) is 0 Å². The molecule has 1 aliphatic rings. The standard InChI is InChI=1S/C12H16F2N2O/c13-11(14)12(15)5-2-6-16(8-12)9-3-1-4-10(17)7-9/h1,3-4,7,11,17H,2,5-6,8,15H2. The van der Waals surface area contributed by atoms with Gasteiger partial charge >= 0.3 is 0 Å². The zero-order chi connectivity index (χ0) is 12.5. The fourth-order valence-electron chi connectivity index (χ4n) is 2.20. The summed E-state index contributed by atoms with van der Waals surface area (Å²) in [5.74, 6) is 0.132. The van der Waals surface area contributed by atoms with Crippen LogP contribution in [0.5, 0.6) is 5.75 Å². The summed E-state index contributed by atoms with van der Waals surface area (Å²) in [4.78, 5) is 1.80. The van der Waals surface area contributed by atoms with Crippen molar-refractivity contribution in [2.45, 2.75) is 24.8 Å². The summed E-state index contributed by atoms with van der Waals surface area (Å²) in [5, 5.41) is 9.38. The summed E-state index contributed by atoms with van der Waals surface area (Å²) in [6, 6.07) is 6.60. The lowest BCUT2D eigenvalue weighted by atomic mass is 9.90. The first-order valence-corrected chi connectivity index (χ1v) is 5.62. The molecule has 5 heteroatoms. The number of phenols is 1. The highest BCUT2D eigenvalue weighted by molar-refractivity contribution is 5.51. The van der Waals surface area contributed by atoms with Crippen LogP contribution in [0.15, 0.2) is 24.3 Å². The predicted molar refractivity (Wildman–Crippen MR) is 62.5 cm³/mol. The number of hydrogen-bond donors (Lipinski definition) is 2. The van der Waals surface area contributed by atoms with Crippen LogP contribution in [0.4, 0.5) is 14.5 Å². The summed E-state index contributed by atoms with van der Waals surface area (Å²) < 4.78 is 25.7. The molecule has 1 fully saturated rings. The molecule has 0 aromatic heterocycles. The lowest BCUT2D eigenvalue weighted by Crippen LogP contribution is -2.59. The number of benzene rings is 1. The number of alkyl halides is 2. The number of hydrogen-bond acceptors (Lipinski definition) is 3. The summed E-state index contributed by atoms with van der Waals surface area (Å²) in [6.45, 7) is 0.809. The monoisotopic (exact) mass is 242 g/mol. The molecule has 0 aliphatic carbocycles. The van der Waals surface area contributed by atoms with Crippen molar-refractivity contribution in [1.29, 1.82) is 0 Å². The summed E-state index contributed by atoms with van der Waals surface area (Å²) in [7, 11) is 0. The van der Waals surface area contributed by atoms with Crippen molar-refractivity contribution in [3.05, 3.63) is 24.3 Å². The SMILES string of the molecule is NC1(C(F)F)CCCN(c2cccc(O)c2)C1. The average molecular weight is 242 g/mol. The van der Waals surface area contributed by atoms with Gasteiger partial charge in [0.1, 0.15) is 5.75 Å². The highest BCUT2D eigenvalue weighted by Gasteiger charge is 2.40. The minimum atomic E-state index is -2.53. The highest BCUT2D eigenvalue weighted by Crippen LogP contribution is 2.29. The van der Waals surface area contributed by atoms with Gasteiger partial charge in [-0.1, -0.05) is 6.07 Å². The van der Waals surface area contributed by atoms with Crippen LogP contribution in [0.3, 0.4) is 0 Å². The van der Waals surface area contributed by atoms with Gasteiger partial charge in [-0.25, -0.2) is 8.78 Å². The number of phenolic OH excluding ortho intramolecular Hbond substituents is 1. The molecule has 0 bridgehead atoms. The number of rotatable bonds is 2. The molecule has 1 atom stereocenters. The van der Waals surface area contributed by atoms with Crippen LogP contribution in [-0.2, 0) is 0 Å². The first-order valence-electron chi connectivity index (χ1n) is 5.62. The maximum absolute atomic E-state index is 12.9. The predicted octanol–water partition coefficient (Wildman–Crippen LogP) is 1.96. The zero-order valence-electron chi connectivity index (χ0n) is 9.44. The minimum absolute atomic E-state index is 0.119. The van der Waals surface area contributed by atoms with E-state index in [4.69, 9.17) is 5.73 Å². The van der Waals surface area contributed by atoms with Crippen molar-refractivity contribution in [2.75, 3.05) is 18.0 Å². The maximum atomic E-state index is 12.9. The van der Waals surface area contributed by atoms with Gasteiger partial charge in [-0.15, -0.1) is 0 Å². The molecule has 0 saturated carbocycles. The van der Waals surface area contributed by atoms with Crippen molar-refractivity contribution in [2.24, 2.45) is 5.73 Å². The number of halogens is 2. The molecule has 94 valence electrons. The first-order chi connectivity index (χ1) is 8.01. The van der Waals surface area contributed by atoms with E-state index in [1.807, 2.05) is 0 Å². The van der Waals surface area contributed by atoms with Gasteiger partial charge in [-0.05, 0) is 25.0 Å². The molecule has 17 heavy (non-hydrogen) atoms. The molecule has 1 saturated heterocycles. The van der Waals surface area contributed by atoms with Crippen LogP contribution in [0.2, 0.25) is 0 Å². The number of nitrogens with two attached hydrogens (primary N) is 1. The smallest absolute Gasteiger partial charge is 0.258 e. The third-order valence-electron chi connectivity index (χ3n) is 3.18. The Morgan fingerprint density at radius 2 is 2.18 bits per heavy atom. The van der Waals surface area contributed by atoms with Gasteiger partial charge in [0.15, 0.2) is 0 Å². The third kappa shape index (κ3) is 2.49. The van der Waals surface area contributed by atoms with Crippen LogP contribution in [-0.4, -0.2) is 30.2 Å². The molecule has 1 unspecified atom stereocenters. The Labute approximate surface area is 98.8 Å². The van der Waals surface area contributed by atoms with Gasteiger partial charge in [0.2, 0.25) is 0 Å². The van der Waals surface area contributed by atoms with Crippen molar-refractivity contribution < 1.29 is 13.9 Å². The Morgan fingerprint density at radius 1 is 1.41 bits per heavy atom. The van der Waals surface area contributed by atoms with E-state index >= 15 is 0 Å². The largest absolute Gasteiger partial charge is 0.508 e. The number of aromatic hydroxyl groups is 1. The molecule has 3 nitrogen and oxygen atoms in total. The van der Waals surface area contributed by atoms with Gasteiger partial charge in [0, 0.05) is 24.8 Å². The summed E-state index contributed by atoms with van der Waals surface area (Å²) in [6.07, 6.45) is -1.56. The van der Waals surface area contributed by atoms with E-state index in [1.54, 1.807) is 29.2 Å². The Kier molecular flexibility index (Phi) is 3.19. The van der Waals surface area contributed by atoms with Gasteiger partial charge in [0.25, 0.3) is 6.43 Å². The van der Waals surface area contributed by atoms with E-state index in [0.717, 1.165) is 5.69 Å². The minimum Gasteiger partial charge on any atom is -0.508 e. The van der Waals surface area contributed by atoms with E-state index in [9.17, 15) is 13.9 Å². The number of piperidine rings is 1. The molecule has 2 rings (SSSR count). The topological polar surface area (TPSA) is 49.5 Å². The summed E-state index contributed by atoms with van der Waals surface area (Å²) in [5.41, 5.74) is 5.01. The van der Waals surface area contributed by atoms with Gasteiger partial charge in [-0.2, -0.15) is 0 Å². The molecular weight excluding hydrogens is 226 g/mol. The van der Waals surface area contributed by atoms with E-state index in [1.165, 1.54) is 0 Å². The van der Waals surface area contributed by atoms with Crippen LogP contribution < -0.4 is 10.6 Å². The maximum Gasteiger partial charge on any atom is 0.258 e. The molecule has 0 radical (unpaired) electrons. The first kappa shape index (κ1) is 12.1. The molecule has 1 aliphatic heterocycles. The Balaban J connectivity index is 2.18. The van der Waals surface area contributed by atoms with E-state index in [2.05, 4.69) is 0 Å². The second-order valence-corrected chi connectivity index (χ2v) is 4.58. The van der Waals surface area contributed by atoms with Crippen LogP contribution in [0.1, 0.15) is 12.8 Å². The lowest BCUT2D eigenvalue weighted by molar-refractivity contribution is 0.0448. The van der Waals surface area contributed by atoms with Gasteiger partial charge < -0.3 is 15.7 Å². The number of anilines is 1. The second-order valence-electron chi connectivity index (χ2n) is 4.58.